The minimum absolute atomic E-state index is 0.419. The highest BCUT2D eigenvalue weighted by Gasteiger charge is 2.35. The Kier molecular flexibility index (Phi) is 5.21. The van der Waals surface area contributed by atoms with E-state index in [0.29, 0.717) is 17.9 Å². The maximum Gasteiger partial charge on any atom is 0.126 e. The monoisotopic (exact) mass is 309 g/mol. The predicted octanol–water partition coefficient (Wildman–Crippen LogP) is 4.98. The molecular weight excluding hydrogens is 282 g/mol. The van der Waals surface area contributed by atoms with E-state index in [2.05, 4.69) is 45.6 Å². The molecule has 2 nitrogen and oxygen atoms in total. The van der Waals surface area contributed by atoms with Gasteiger partial charge in [-0.3, -0.25) is 4.90 Å². The van der Waals surface area contributed by atoms with Crippen LogP contribution in [0.25, 0.3) is 0 Å². The molecule has 0 radical (unpaired) electrons. The van der Waals surface area contributed by atoms with Gasteiger partial charge in [-0.05, 0) is 43.4 Å². The summed E-state index contributed by atoms with van der Waals surface area (Å²) in [6.07, 6.45) is 1.20. The summed E-state index contributed by atoms with van der Waals surface area (Å²) in [5.41, 5.74) is 3.74. The van der Waals surface area contributed by atoms with E-state index in [9.17, 15) is 0 Å². The van der Waals surface area contributed by atoms with Gasteiger partial charge in [-0.1, -0.05) is 32.4 Å². The molecule has 1 aliphatic heterocycles. The Bertz CT molecular complexity index is 506. The van der Waals surface area contributed by atoms with Gasteiger partial charge in [-0.25, -0.2) is 0 Å². The van der Waals surface area contributed by atoms with E-state index in [1.54, 1.807) is 7.11 Å². The molecular formula is C18H28ClNO. The van der Waals surface area contributed by atoms with E-state index in [1.807, 2.05) is 0 Å². The molecule has 0 aromatic heterocycles. The fraction of sp³-hybridized carbons (Fsp3) is 0.667. The van der Waals surface area contributed by atoms with E-state index < -0.39 is 0 Å². The van der Waals surface area contributed by atoms with Crippen molar-refractivity contribution in [2.45, 2.75) is 58.9 Å². The molecule has 118 valence electrons. The highest BCUT2D eigenvalue weighted by Crippen LogP contribution is 2.43. The van der Waals surface area contributed by atoms with Crippen molar-refractivity contribution in [3.05, 3.63) is 27.8 Å². The normalized spacial score (nSPS) is 17.9. The second-order valence-corrected chi connectivity index (χ2v) is 6.99. The molecule has 1 heterocycles. The van der Waals surface area contributed by atoms with Crippen molar-refractivity contribution >= 4 is 11.6 Å². The number of rotatable bonds is 5. The molecule has 1 fully saturated rings. The highest BCUT2D eigenvalue weighted by molar-refractivity contribution is 6.31. The zero-order valence-corrected chi connectivity index (χ0v) is 14.9. The quantitative estimate of drug-likeness (QED) is 0.760. The maximum atomic E-state index is 6.47. The summed E-state index contributed by atoms with van der Waals surface area (Å²) in [4.78, 5) is 2.54. The minimum Gasteiger partial charge on any atom is -0.496 e. The molecule has 1 saturated heterocycles. The number of halogens is 1. The Balaban J connectivity index is 2.35. The number of hydrogen-bond acceptors (Lipinski definition) is 2. The molecule has 0 bridgehead atoms. The van der Waals surface area contributed by atoms with Crippen molar-refractivity contribution in [2.24, 2.45) is 0 Å². The average Bonchev–Trinajstić information content (AvgIpc) is 2.40. The van der Waals surface area contributed by atoms with Gasteiger partial charge in [0.1, 0.15) is 5.75 Å². The number of ether oxygens (including phenoxy) is 1. The zero-order valence-electron chi connectivity index (χ0n) is 14.2. The van der Waals surface area contributed by atoms with Crippen LogP contribution < -0.4 is 4.74 Å². The molecule has 0 N–H and O–H groups in total. The molecule has 1 atom stereocenters. The molecule has 0 amide bonds. The minimum atomic E-state index is 0.419. The second-order valence-electron chi connectivity index (χ2n) is 6.58. The molecule has 0 aliphatic carbocycles. The summed E-state index contributed by atoms with van der Waals surface area (Å²) >= 11 is 6.47. The number of likely N-dealkylation sites (tertiary alicyclic amines) is 1. The first-order valence-corrected chi connectivity index (χ1v) is 8.39. The second kappa shape index (κ2) is 6.58. The van der Waals surface area contributed by atoms with Gasteiger partial charge in [0, 0.05) is 35.6 Å². The van der Waals surface area contributed by atoms with Gasteiger partial charge in [0.15, 0.2) is 0 Å². The van der Waals surface area contributed by atoms with Crippen molar-refractivity contribution in [1.29, 1.82) is 0 Å². The first-order chi connectivity index (χ1) is 9.90. The van der Waals surface area contributed by atoms with E-state index in [0.717, 1.165) is 23.9 Å². The van der Waals surface area contributed by atoms with Crippen LogP contribution in [0.15, 0.2) is 6.07 Å². The van der Waals surface area contributed by atoms with Gasteiger partial charge in [-0.15, -0.1) is 0 Å². The summed E-state index contributed by atoms with van der Waals surface area (Å²) in [5.74, 6) is 2.02. The highest BCUT2D eigenvalue weighted by atomic mass is 35.5. The van der Waals surface area contributed by atoms with Crippen LogP contribution in [0.1, 0.15) is 62.6 Å². The third-order valence-corrected chi connectivity index (χ3v) is 5.30. The van der Waals surface area contributed by atoms with Crippen LogP contribution in [-0.4, -0.2) is 31.1 Å². The van der Waals surface area contributed by atoms with Crippen LogP contribution in [0.2, 0.25) is 5.02 Å². The number of methoxy groups -OCH3 is 1. The van der Waals surface area contributed by atoms with Crippen LogP contribution >= 0.6 is 11.6 Å². The molecule has 1 aliphatic rings. The van der Waals surface area contributed by atoms with E-state index in [4.69, 9.17) is 16.3 Å². The molecule has 0 saturated carbocycles. The average molecular weight is 310 g/mol. The third kappa shape index (κ3) is 3.07. The van der Waals surface area contributed by atoms with Gasteiger partial charge >= 0.3 is 0 Å². The Hall–Kier alpha value is -0.730. The standard InChI is InChI=1S/C18H28ClNO/c1-7-12(4)20-9-14(10-20)17-13(5)16(19)8-15(11(2)3)18(17)21-6/h8,11-12,14H,7,9-10H2,1-6H3. The Morgan fingerprint density at radius 1 is 1.33 bits per heavy atom. The Labute approximate surface area is 134 Å². The Morgan fingerprint density at radius 3 is 2.43 bits per heavy atom. The lowest BCUT2D eigenvalue weighted by Crippen LogP contribution is -2.49. The molecule has 1 aromatic rings. The summed E-state index contributed by atoms with van der Waals surface area (Å²) in [6.45, 7) is 13.3. The summed E-state index contributed by atoms with van der Waals surface area (Å²) in [6, 6.07) is 2.74. The molecule has 1 aromatic carbocycles. The lowest BCUT2D eigenvalue weighted by atomic mass is 9.83. The van der Waals surface area contributed by atoms with Crippen molar-refractivity contribution in [3.63, 3.8) is 0 Å². The van der Waals surface area contributed by atoms with Crippen LogP contribution in [0.3, 0.4) is 0 Å². The Morgan fingerprint density at radius 2 is 1.95 bits per heavy atom. The predicted molar refractivity (Wildman–Crippen MR) is 90.9 cm³/mol. The van der Waals surface area contributed by atoms with Crippen molar-refractivity contribution in [3.8, 4) is 5.75 Å². The molecule has 3 heteroatoms. The smallest absolute Gasteiger partial charge is 0.126 e. The van der Waals surface area contributed by atoms with Crippen molar-refractivity contribution in [2.75, 3.05) is 20.2 Å². The largest absolute Gasteiger partial charge is 0.496 e. The van der Waals surface area contributed by atoms with Crippen LogP contribution in [0.5, 0.6) is 5.75 Å². The summed E-state index contributed by atoms with van der Waals surface area (Å²) < 4.78 is 5.78. The van der Waals surface area contributed by atoms with Gasteiger partial charge < -0.3 is 4.74 Å². The van der Waals surface area contributed by atoms with E-state index in [1.165, 1.54) is 23.1 Å². The lowest BCUT2D eigenvalue weighted by molar-refractivity contribution is 0.0965. The molecule has 1 unspecified atom stereocenters. The van der Waals surface area contributed by atoms with Gasteiger partial charge in [0.2, 0.25) is 0 Å². The number of nitrogens with zero attached hydrogens (tertiary/aromatic N) is 1. The number of benzene rings is 1. The fourth-order valence-electron chi connectivity index (χ4n) is 3.23. The first kappa shape index (κ1) is 16.6. The molecule has 21 heavy (non-hydrogen) atoms. The SMILES string of the molecule is CCC(C)N1CC(c2c(C)c(Cl)cc(C(C)C)c2OC)C1. The van der Waals surface area contributed by atoms with E-state index in [-0.39, 0.29) is 0 Å². The number of hydrogen-bond donors (Lipinski definition) is 0. The van der Waals surface area contributed by atoms with Crippen molar-refractivity contribution in [1.82, 2.24) is 4.90 Å². The van der Waals surface area contributed by atoms with Gasteiger partial charge in [-0.2, -0.15) is 0 Å². The fourth-order valence-corrected chi connectivity index (χ4v) is 3.45. The van der Waals surface area contributed by atoms with Crippen LogP contribution in [0.4, 0.5) is 0 Å². The summed E-state index contributed by atoms with van der Waals surface area (Å²) in [5, 5.41) is 0.872. The topological polar surface area (TPSA) is 12.5 Å². The summed E-state index contributed by atoms with van der Waals surface area (Å²) in [7, 11) is 1.78. The molecule has 0 spiro atoms. The van der Waals surface area contributed by atoms with Crippen LogP contribution in [-0.2, 0) is 0 Å². The lowest BCUT2D eigenvalue weighted by Gasteiger charge is -2.44. The first-order valence-electron chi connectivity index (χ1n) is 8.01. The third-order valence-electron chi connectivity index (χ3n) is 4.91. The van der Waals surface area contributed by atoms with Gasteiger partial charge in [0.05, 0.1) is 7.11 Å². The maximum absolute atomic E-state index is 6.47. The van der Waals surface area contributed by atoms with Crippen LogP contribution in [0, 0.1) is 6.92 Å². The van der Waals surface area contributed by atoms with Crippen molar-refractivity contribution < 1.29 is 4.74 Å². The van der Waals surface area contributed by atoms with Gasteiger partial charge in [0.25, 0.3) is 0 Å². The zero-order chi connectivity index (χ0) is 15.7. The molecule has 2 rings (SSSR count). The van der Waals surface area contributed by atoms with E-state index >= 15 is 0 Å².